The first-order valence-corrected chi connectivity index (χ1v) is 5.75. The normalized spacial score (nSPS) is 10.0. The van der Waals surface area contributed by atoms with Gasteiger partial charge in [-0.15, -0.1) is 0 Å². The molecule has 0 unspecified atom stereocenters. The van der Waals surface area contributed by atoms with E-state index in [9.17, 15) is 10.1 Å². The maximum atomic E-state index is 10.8. The quantitative estimate of drug-likeness (QED) is 0.453. The monoisotopic (exact) mass is 278 g/mol. The second kappa shape index (κ2) is 5.55. The van der Waals surface area contributed by atoms with Crippen molar-refractivity contribution in [2.75, 3.05) is 10.7 Å². The zero-order valence-electron chi connectivity index (χ0n) is 9.76. The van der Waals surface area contributed by atoms with E-state index in [-0.39, 0.29) is 5.69 Å². The van der Waals surface area contributed by atoms with Crippen LogP contribution in [0.4, 0.5) is 22.7 Å². The molecule has 0 atom stereocenters. The van der Waals surface area contributed by atoms with Crippen LogP contribution in [0.25, 0.3) is 0 Å². The first-order chi connectivity index (χ1) is 9.08. The summed E-state index contributed by atoms with van der Waals surface area (Å²) >= 11 is 5.87. The number of halogens is 1. The molecule has 6 nitrogen and oxygen atoms in total. The summed E-state index contributed by atoms with van der Waals surface area (Å²) < 4.78 is 0. The number of nitrogen functional groups attached to an aromatic ring is 1. The van der Waals surface area contributed by atoms with Crippen LogP contribution in [-0.4, -0.2) is 4.92 Å². The standard InChI is InChI=1S/C12H11ClN4O2/c13-8-2-1-3-9(4-8)15-10-5-11(16-14)7-12(6-10)17(18)19/h1-7,15-16H,14H2. The molecule has 7 heteroatoms. The molecule has 0 heterocycles. The van der Waals surface area contributed by atoms with E-state index in [4.69, 9.17) is 17.4 Å². The number of nitrogens with two attached hydrogens (primary N) is 1. The van der Waals surface area contributed by atoms with Crippen LogP contribution in [-0.2, 0) is 0 Å². The molecule has 0 aliphatic heterocycles. The largest absolute Gasteiger partial charge is 0.355 e. The van der Waals surface area contributed by atoms with Gasteiger partial charge in [0.15, 0.2) is 0 Å². The maximum Gasteiger partial charge on any atom is 0.273 e. The van der Waals surface area contributed by atoms with Gasteiger partial charge in [-0.3, -0.25) is 16.0 Å². The first-order valence-electron chi connectivity index (χ1n) is 5.37. The molecule has 0 spiro atoms. The molecule has 2 rings (SSSR count). The van der Waals surface area contributed by atoms with Crippen LogP contribution in [0.2, 0.25) is 5.02 Å². The average molecular weight is 279 g/mol. The van der Waals surface area contributed by atoms with Gasteiger partial charge in [0.05, 0.1) is 10.6 Å². The van der Waals surface area contributed by atoms with Crippen LogP contribution >= 0.6 is 11.6 Å². The summed E-state index contributed by atoms with van der Waals surface area (Å²) in [5.41, 5.74) is 4.06. The van der Waals surface area contributed by atoms with E-state index in [2.05, 4.69) is 10.7 Å². The Bertz CT molecular complexity index is 618. The van der Waals surface area contributed by atoms with E-state index in [1.165, 1.54) is 12.1 Å². The van der Waals surface area contributed by atoms with E-state index >= 15 is 0 Å². The van der Waals surface area contributed by atoms with E-state index in [0.717, 1.165) is 5.69 Å². The topological polar surface area (TPSA) is 93.2 Å². The van der Waals surface area contributed by atoms with Gasteiger partial charge in [-0.05, 0) is 24.3 Å². The van der Waals surface area contributed by atoms with Crippen molar-refractivity contribution in [1.29, 1.82) is 0 Å². The van der Waals surface area contributed by atoms with Gasteiger partial charge in [-0.1, -0.05) is 17.7 Å². The zero-order valence-corrected chi connectivity index (χ0v) is 10.5. The Morgan fingerprint density at radius 3 is 2.47 bits per heavy atom. The molecule has 0 aliphatic carbocycles. The van der Waals surface area contributed by atoms with E-state index in [0.29, 0.717) is 16.4 Å². The van der Waals surface area contributed by atoms with Crippen molar-refractivity contribution in [2.45, 2.75) is 0 Å². The Morgan fingerprint density at radius 1 is 1.11 bits per heavy atom. The molecule has 19 heavy (non-hydrogen) atoms. The Balaban J connectivity index is 2.34. The molecule has 0 saturated carbocycles. The van der Waals surface area contributed by atoms with Crippen molar-refractivity contribution in [3.63, 3.8) is 0 Å². The average Bonchev–Trinajstić information content (AvgIpc) is 2.38. The van der Waals surface area contributed by atoms with Gasteiger partial charge >= 0.3 is 0 Å². The van der Waals surface area contributed by atoms with Crippen molar-refractivity contribution in [3.8, 4) is 0 Å². The minimum absolute atomic E-state index is 0.0556. The summed E-state index contributed by atoms with van der Waals surface area (Å²) in [6, 6.07) is 11.5. The molecule has 2 aromatic rings. The lowest BCUT2D eigenvalue weighted by molar-refractivity contribution is -0.384. The van der Waals surface area contributed by atoms with Gasteiger partial charge in [0.2, 0.25) is 0 Å². The highest BCUT2D eigenvalue weighted by atomic mass is 35.5. The Labute approximate surface area is 114 Å². The van der Waals surface area contributed by atoms with Crippen molar-refractivity contribution >= 4 is 34.4 Å². The fraction of sp³-hybridized carbons (Fsp3) is 0. The Kier molecular flexibility index (Phi) is 3.84. The number of nitro groups is 1. The smallest absolute Gasteiger partial charge is 0.273 e. The van der Waals surface area contributed by atoms with Crippen LogP contribution in [0.15, 0.2) is 42.5 Å². The van der Waals surface area contributed by atoms with E-state index < -0.39 is 4.92 Å². The van der Waals surface area contributed by atoms with Gasteiger partial charge in [0.1, 0.15) is 0 Å². The summed E-state index contributed by atoms with van der Waals surface area (Å²) in [6.45, 7) is 0. The van der Waals surface area contributed by atoms with Gasteiger partial charge in [-0.25, -0.2) is 0 Å². The van der Waals surface area contributed by atoms with Crippen molar-refractivity contribution in [2.24, 2.45) is 5.84 Å². The fourth-order valence-corrected chi connectivity index (χ4v) is 1.80. The molecule has 4 N–H and O–H groups in total. The van der Waals surface area contributed by atoms with Gasteiger partial charge in [0.25, 0.3) is 5.69 Å². The molecule has 0 radical (unpaired) electrons. The summed E-state index contributed by atoms with van der Waals surface area (Å²) in [6.07, 6.45) is 0. The summed E-state index contributed by atoms with van der Waals surface area (Å²) in [7, 11) is 0. The summed E-state index contributed by atoms with van der Waals surface area (Å²) in [4.78, 5) is 10.3. The van der Waals surface area contributed by atoms with Crippen LogP contribution in [0.1, 0.15) is 0 Å². The van der Waals surface area contributed by atoms with Crippen LogP contribution < -0.4 is 16.6 Å². The molecular weight excluding hydrogens is 268 g/mol. The van der Waals surface area contributed by atoms with Crippen molar-refractivity contribution in [3.05, 3.63) is 57.6 Å². The van der Waals surface area contributed by atoms with Crippen LogP contribution in [0, 0.1) is 10.1 Å². The second-order valence-electron chi connectivity index (χ2n) is 3.81. The minimum atomic E-state index is -0.482. The first kappa shape index (κ1) is 13.1. The van der Waals surface area contributed by atoms with Crippen molar-refractivity contribution in [1.82, 2.24) is 0 Å². The number of nitrogens with one attached hydrogen (secondary N) is 2. The third-order valence-electron chi connectivity index (χ3n) is 2.41. The van der Waals surface area contributed by atoms with Crippen LogP contribution in [0.5, 0.6) is 0 Å². The SMILES string of the molecule is NNc1cc(Nc2cccc(Cl)c2)cc([N+](=O)[O-])c1. The maximum absolute atomic E-state index is 10.8. The molecule has 0 aromatic heterocycles. The third kappa shape index (κ3) is 3.34. The lowest BCUT2D eigenvalue weighted by Crippen LogP contribution is -2.07. The number of hydrazine groups is 1. The summed E-state index contributed by atoms with van der Waals surface area (Å²) in [5.74, 6) is 5.28. The molecule has 0 saturated heterocycles. The number of hydrogen-bond donors (Lipinski definition) is 3. The molecule has 0 aliphatic rings. The molecule has 0 amide bonds. The van der Waals surface area contributed by atoms with E-state index in [1.807, 2.05) is 0 Å². The number of benzene rings is 2. The number of nitro benzene ring substituents is 1. The number of non-ortho nitro benzene ring substituents is 1. The number of rotatable bonds is 4. The number of hydrogen-bond acceptors (Lipinski definition) is 5. The molecule has 0 bridgehead atoms. The van der Waals surface area contributed by atoms with Crippen LogP contribution in [0.3, 0.4) is 0 Å². The zero-order chi connectivity index (χ0) is 13.8. The van der Waals surface area contributed by atoms with Crippen molar-refractivity contribution < 1.29 is 4.92 Å². The molecule has 0 fully saturated rings. The number of anilines is 3. The number of nitrogens with zero attached hydrogens (tertiary/aromatic N) is 1. The Hall–Kier alpha value is -2.31. The molecule has 98 valence electrons. The van der Waals surface area contributed by atoms with E-state index in [1.54, 1.807) is 30.3 Å². The van der Waals surface area contributed by atoms with Gasteiger partial charge in [0, 0.05) is 28.5 Å². The lowest BCUT2D eigenvalue weighted by Gasteiger charge is -2.08. The predicted octanol–water partition coefficient (Wildman–Crippen LogP) is 3.28. The second-order valence-corrected chi connectivity index (χ2v) is 4.24. The highest BCUT2D eigenvalue weighted by Gasteiger charge is 2.09. The van der Waals surface area contributed by atoms with Gasteiger partial charge in [-0.2, -0.15) is 0 Å². The Morgan fingerprint density at radius 2 is 1.84 bits per heavy atom. The minimum Gasteiger partial charge on any atom is -0.355 e. The fourth-order valence-electron chi connectivity index (χ4n) is 1.60. The lowest BCUT2D eigenvalue weighted by atomic mass is 10.2. The predicted molar refractivity (Wildman–Crippen MR) is 75.6 cm³/mol. The summed E-state index contributed by atoms with van der Waals surface area (Å²) in [5, 5.41) is 14.4. The third-order valence-corrected chi connectivity index (χ3v) is 2.64. The molecular formula is C12H11ClN4O2. The highest BCUT2D eigenvalue weighted by molar-refractivity contribution is 6.30. The molecule has 2 aromatic carbocycles. The van der Waals surface area contributed by atoms with Gasteiger partial charge < -0.3 is 10.7 Å². The highest BCUT2D eigenvalue weighted by Crippen LogP contribution is 2.27.